The summed E-state index contributed by atoms with van der Waals surface area (Å²) in [7, 11) is 0. The van der Waals surface area contributed by atoms with Crippen molar-refractivity contribution in [2.24, 2.45) is 11.8 Å². The van der Waals surface area contributed by atoms with Crippen LogP contribution in [0.25, 0.3) is 0 Å². The minimum absolute atomic E-state index is 0.0345. The van der Waals surface area contributed by atoms with Crippen molar-refractivity contribution < 1.29 is 5.11 Å². The Labute approximate surface area is 109 Å². The van der Waals surface area contributed by atoms with Gasteiger partial charge in [-0.15, -0.1) is 11.6 Å². The average Bonchev–Trinajstić information content (AvgIpc) is 2.25. The molecule has 0 aliphatic heterocycles. The lowest BCUT2D eigenvalue weighted by Crippen LogP contribution is -2.42. The molecule has 2 nitrogen and oxygen atoms in total. The first-order chi connectivity index (χ1) is 7.88. The van der Waals surface area contributed by atoms with E-state index in [1.165, 1.54) is 0 Å². The van der Waals surface area contributed by atoms with Gasteiger partial charge in [-0.05, 0) is 46.0 Å². The Kier molecular flexibility index (Phi) is 5.04. The van der Waals surface area contributed by atoms with Crippen molar-refractivity contribution in [3.05, 3.63) is 12.2 Å². The van der Waals surface area contributed by atoms with Crippen LogP contribution in [-0.2, 0) is 0 Å². The third-order valence-electron chi connectivity index (χ3n) is 3.91. The molecule has 0 amide bonds. The van der Waals surface area contributed by atoms with Gasteiger partial charge in [0, 0.05) is 5.92 Å². The van der Waals surface area contributed by atoms with Gasteiger partial charge in [0.1, 0.15) is 0 Å². The smallest absolute Gasteiger partial charge is 0.0660 e. The molecule has 96 valence electrons. The number of alkyl halides is 1. The summed E-state index contributed by atoms with van der Waals surface area (Å²) in [6.45, 7) is 7.60. The van der Waals surface area contributed by atoms with E-state index in [4.69, 9.17) is 16.9 Å². The second-order valence-corrected chi connectivity index (χ2v) is 6.01. The van der Waals surface area contributed by atoms with Crippen LogP contribution < -0.4 is 0 Å². The average molecular weight is 256 g/mol. The Morgan fingerprint density at radius 3 is 2.88 bits per heavy atom. The van der Waals surface area contributed by atoms with E-state index in [9.17, 15) is 5.11 Å². The van der Waals surface area contributed by atoms with Gasteiger partial charge >= 0.3 is 0 Å². The Bertz CT molecular complexity index is 319. The lowest BCUT2D eigenvalue weighted by molar-refractivity contribution is -0.0513. The highest BCUT2D eigenvalue weighted by molar-refractivity contribution is 6.22. The fraction of sp³-hybridized carbons (Fsp3) is 0.786. The fourth-order valence-electron chi connectivity index (χ4n) is 2.74. The van der Waals surface area contributed by atoms with Gasteiger partial charge in [0.05, 0.1) is 23.0 Å². The normalized spacial score (nSPS) is 35.0. The molecule has 1 N–H and O–H groups in total. The maximum atomic E-state index is 10.4. The van der Waals surface area contributed by atoms with E-state index in [0.717, 1.165) is 37.7 Å². The molecule has 0 heterocycles. The van der Waals surface area contributed by atoms with Crippen LogP contribution in [0.2, 0.25) is 0 Å². The molecule has 0 aromatic rings. The molecule has 0 aromatic carbocycles. The summed E-state index contributed by atoms with van der Waals surface area (Å²) in [4.78, 5) is 0. The summed E-state index contributed by atoms with van der Waals surface area (Å²) in [5.41, 5.74) is 0.236. The third kappa shape index (κ3) is 3.72. The number of halogens is 1. The van der Waals surface area contributed by atoms with E-state index in [1.54, 1.807) is 0 Å². The van der Waals surface area contributed by atoms with E-state index in [1.807, 2.05) is 13.8 Å². The summed E-state index contributed by atoms with van der Waals surface area (Å²) in [6, 6.07) is 2.34. The first-order valence-electron chi connectivity index (χ1n) is 6.30. The van der Waals surface area contributed by atoms with E-state index in [2.05, 4.69) is 12.6 Å². The summed E-state index contributed by atoms with van der Waals surface area (Å²) in [5.74, 6) is 0.00888. The van der Waals surface area contributed by atoms with E-state index in [0.29, 0.717) is 0 Å². The molecule has 0 spiro atoms. The van der Waals surface area contributed by atoms with Gasteiger partial charge in [-0.2, -0.15) is 5.26 Å². The van der Waals surface area contributed by atoms with Crippen molar-refractivity contribution >= 4 is 11.6 Å². The van der Waals surface area contributed by atoms with Crippen molar-refractivity contribution in [3.8, 4) is 6.07 Å². The molecular formula is C14H22ClNO. The lowest BCUT2D eigenvalue weighted by Gasteiger charge is -2.40. The summed E-state index contributed by atoms with van der Waals surface area (Å²) >= 11 is 6.15. The van der Waals surface area contributed by atoms with Crippen LogP contribution in [0.5, 0.6) is 0 Å². The van der Waals surface area contributed by atoms with Crippen molar-refractivity contribution in [1.29, 1.82) is 5.26 Å². The molecule has 1 fully saturated rings. The molecule has 0 saturated heterocycles. The van der Waals surface area contributed by atoms with Gasteiger partial charge in [0.2, 0.25) is 0 Å². The molecule has 1 rings (SSSR count). The minimum atomic E-state index is -0.718. The SMILES string of the molecule is C=C(C)C(Cl)CC[C@@H]1[C@@H](C#N)CCC[C@]1(C)O. The highest BCUT2D eigenvalue weighted by Crippen LogP contribution is 2.40. The zero-order chi connectivity index (χ0) is 13.1. The first kappa shape index (κ1) is 14.5. The predicted octanol–water partition coefficient (Wildman–Crippen LogP) is 3.64. The van der Waals surface area contributed by atoms with Crippen LogP contribution in [0.15, 0.2) is 12.2 Å². The second kappa shape index (κ2) is 5.89. The number of allylic oxidation sites excluding steroid dienone is 1. The Balaban J connectivity index is 2.64. The molecule has 1 unspecified atom stereocenters. The van der Waals surface area contributed by atoms with Gasteiger partial charge in [-0.3, -0.25) is 0 Å². The summed E-state index contributed by atoms with van der Waals surface area (Å²) < 4.78 is 0. The molecular weight excluding hydrogens is 234 g/mol. The Morgan fingerprint density at radius 1 is 1.71 bits per heavy atom. The second-order valence-electron chi connectivity index (χ2n) is 5.48. The molecule has 3 heteroatoms. The first-order valence-corrected chi connectivity index (χ1v) is 6.73. The van der Waals surface area contributed by atoms with Gasteiger partial charge in [-0.1, -0.05) is 12.2 Å². The van der Waals surface area contributed by atoms with Crippen LogP contribution >= 0.6 is 11.6 Å². The largest absolute Gasteiger partial charge is 0.390 e. The van der Waals surface area contributed by atoms with Crippen molar-refractivity contribution in [2.75, 3.05) is 0 Å². The molecule has 0 radical (unpaired) electrons. The number of nitriles is 1. The van der Waals surface area contributed by atoms with Crippen LogP contribution in [-0.4, -0.2) is 16.1 Å². The zero-order valence-electron chi connectivity index (χ0n) is 10.7. The number of rotatable bonds is 4. The topological polar surface area (TPSA) is 44.0 Å². The maximum Gasteiger partial charge on any atom is 0.0660 e. The third-order valence-corrected chi connectivity index (χ3v) is 4.50. The van der Waals surface area contributed by atoms with E-state index in [-0.39, 0.29) is 17.2 Å². The quantitative estimate of drug-likeness (QED) is 0.616. The van der Waals surface area contributed by atoms with Crippen molar-refractivity contribution in [3.63, 3.8) is 0 Å². The lowest BCUT2D eigenvalue weighted by atomic mass is 9.68. The van der Waals surface area contributed by atoms with E-state index < -0.39 is 5.60 Å². The van der Waals surface area contributed by atoms with E-state index >= 15 is 0 Å². The fourth-order valence-corrected chi connectivity index (χ4v) is 2.86. The van der Waals surface area contributed by atoms with Gasteiger partial charge in [-0.25, -0.2) is 0 Å². The summed E-state index contributed by atoms with van der Waals surface area (Å²) in [6.07, 6.45) is 4.21. The number of nitrogens with zero attached hydrogens (tertiary/aromatic N) is 1. The maximum absolute atomic E-state index is 10.4. The summed E-state index contributed by atoms with van der Waals surface area (Å²) in [5, 5.41) is 19.5. The molecule has 0 aromatic heterocycles. The number of aliphatic hydroxyl groups is 1. The molecule has 4 atom stereocenters. The Hall–Kier alpha value is -0.520. The zero-order valence-corrected chi connectivity index (χ0v) is 11.5. The predicted molar refractivity (Wildman–Crippen MR) is 70.8 cm³/mol. The van der Waals surface area contributed by atoms with Crippen LogP contribution in [0, 0.1) is 23.2 Å². The van der Waals surface area contributed by atoms with Crippen LogP contribution in [0.4, 0.5) is 0 Å². The molecule has 0 bridgehead atoms. The highest BCUT2D eigenvalue weighted by Gasteiger charge is 2.40. The molecule has 1 aliphatic carbocycles. The van der Waals surface area contributed by atoms with Crippen molar-refractivity contribution in [2.45, 2.75) is 56.9 Å². The monoisotopic (exact) mass is 255 g/mol. The minimum Gasteiger partial charge on any atom is -0.390 e. The molecule has 1 saturated carbocycles. The Morgan fingerprint density at radius 2 is 2.35 bits per heavy atom. The standard InChI is InChI=1S/C14H22ClNO/c1-10(2)13(15)7-6-12-11(9-16)5-4-8-14(12,3)17/h11-13,17H,1,4-8H2,2-3H3/t11-,12-,13?,14+/m1/s1. The van der Waals surface area contributed by atoms with Gasteiger partial charge in [0.25, 0.3) is 0 Å². The van der Waals surface area contributed by atoms with Gasteiger partial charge < -0.3 is 5.11 Å². The van der Waals surface area contributed by atoms with Crippen LogP contribution in [0.3, 0.4) is 0 Å². The van der Waals surface area contributed by atoms with Crippen LogP contribution in [0.1, 0.15) is 46.0 Å². The van der Waals surface area contributed by atoms with Gasteiger partial charge in [0.15, 0.2) is 0 Å². The molecule has 17 heavy (non-hydrogen) atoms. The highest BCUT2D eigenvalue weighted by atomic mass is 35.5. The number of hydrogen-bond donors (Lipinski definition) is 1. The number of hydrogen-bond acceptors (Lipinski definition) is 2. The molecule has 1 aliphatic rings. The van der Waals surface area contributed by atoms with Crippen molar-refractivity contribution in [1.82, 2.24) is 0 Å².